The molecule has 0 aromatic heterocycles. The van der Waals surface area contributed by atoms with E-state index < -0.39 is 0 Å². The zero-order valence-corrected chi connectivity index (χ0v) is 14.2. The van der Waals surface area contributed by atoms with Gasteiger partial charge < -0.3 is 10.2 Å². The quantitative estimate of drug-likeness (QED) is 0.896. The summed E-state index contributed by atoms with van der Waals surface area (Å²) in [6.45, 7) is 3.00. The SMILES string of the molecule is O=C(CCC1CCNC1)N1CCCC1c1ccc(Cl)c(Cl)c1. The maximum absolute atomic E-state index is 12.6. The van der Waals surface area contributed by atoms with Crippen LogP contribution in [0.5, 0.6) is 0 Å². The van der Waals surface area contributed by atoms with Gasteiger partial charge in [0.1, 0.15) is 0 Å². The average molecular weight is 341 g/mol. The minimum atomic E-state index is 0.156. The lowest BCUT2D eigenvalue weighted by Gasteiger charge is -2.26. The van der Waals surface area contributed by atoms with Crippen LogP contribution < -0.4 is 5.32 Å². The van der Waals surface area contributed by atoms with Crippen molar-refractivity contribution < 1.29 is 4.79 Å². The highest BCUT2D eigenvalue weighted by Gasteiger charge is 2.30. The molecule has 5 heteroatoms. The van der Waals surface area contributed by atoms with Crippen LogP contribution in [0, 0.1) is 5.92 Å². The first-order valence-electron chi connectivity index (χ1n) is 8.10. The molecule has 2 aliphatic rings. The zero-order valence-electron chi connectivity index (χ0n) is 12.7. The first-order chi connectivity index (χ1) is 10.6. The van der Waals surface area contributed by atoms with E-state index in [9.17, 15) is 4.79 Å². The van der Waals surface area contributed by atoms with Gasteiger partial charge in [-0.15, -0.1) is 0 Å². The van der Waals surface area contributed by atoms with Crippen LogP contribution in [0.1, 0.15) is 43.7 Å². The van der Waals surface area contributed by atoms with E-state index in [4.69, 9.17) is 23.2 Å². The summed E-state index contributed by atoms with van der Waals surface area (Å²) in [6, 6.07) is 5.88. The molecule has 120 valence electrons. The second kappa shape index (κ2) is 7.20. The molecule has 1 N–H and O–H groups in total. The van der Waals surface area contributed by atoms with Gasteiger partial charge in [-0.3, -0.25) is 4.79 Å². The van der Waals surface area contributed by atoms with E-state index in [-0.39, 0.29) is 11.9 Å². The summed E-state index contributed by atoms with van der Waals surface area (Å²) in [6.07, 6.45) is 4.92. The van der Waals surface area contributed by atoms with Gasteiger partial charge in [0.25, 0.3) is 0 Å². The maximum atomic E-state index is 12.6. The molecular formula is C17H22Cl2N2O. The van der Waals surface area contributed by atoms with Crippen LogP contribution in [-0.2, 0) is 4.79 Å². The minimum absolute atomic E-state index is 0.156. The molecule has 1 aromatic rings. The molecule has 2 unspecified atom stereocenters. The number of benzene rings is 1. The van der Waals surface area contributed by atoms with Crippen LogP contribution >= 0.6 is 23.2 Å². The van der Waals surface area contributed by atoms with Crippen molar-refractivity contribution in [2.24, 2.45) is 5.92 Å². The van der Waals surface area contributed by atoms with E-state index in [2.05, 4.69) is 5.32 Å². The molecule has 0 saturated carbocycles. The standard InChI is InChI=1S/C17H22Cl2N2O/c18-14-5-4-13(10-15(14)19)16-2-1-9-21(16)17(22)6-3-12-7-8-20-11-12/h4-5,10,12,16,20H,1-3,6-9,11H2. The molecule has 0 spiro atoms. The molecule has 2 aliphatic heterocycles. The number of rotatable bonds is 4. The van der Waals surface area contributed by atoms with Crippen LogP contribution in [0.2, 0.25) is 10.0 Å². The molecular weight excluding hydrogens is 319 g/mol. The van der Waals surface area contributed by atoms with Crippen LogP contribution in [-0.4, -0.2) is 30.4 Å². The Bertz CT molecular complexity index is 543. The number of likely N-dealkylation sites (tertiary alicyclic amines) is 1. The van der Waals surface area contributed by atoms with E-state index in [1.165, 1.54) is 6.42 Å². The molecule has 0 aliphatic carbocycles. The molecule has 2 atom stereocenters. The van der Waals surface area contributed by atoms with Gasteiger partial charge in [-0.25, -0.2) is 0 Å². The number of halogens is 2. The molecule has 2 heterocycles. The lowest BCUT2D eigenvalue weighted by molar-refractivity contribution is -0.132. The summed E-state index contributed by atoms with van der Waals surface area (Å²) >= 11 is 12.1. The maximum Gasteiger partial charge on any atom is 0.223 e. The Balaban J connectivity index is 1.64. The van der Waals surface area contributed by atoms with E-state index in [0.717, 1.165) is 44.5 Å². The largest absolute Gasteiger partial charge is 0.336 e. The summed E-state index contributed by atoms with van der Waals surface area (Å²) in [5.74, 6) is 0.940. The normalized spacial score (nSPS) is 24.9. The van der Waals surface area contributed by atoms with Crippen LogP contribution in [0.3, 0.4) is 0 Å². The third-order valence-corrected chi connectivity index (χ3v) is 5.57. The smallest absolute Gasteiger partial charge is 0.223 e. The van der Waals surface area contributed by atoms with Crippen molar-refractivity contribution >= 4 is 29.1 Å². The Hall–Kier alpha value is -0.770. The van der Waals surface area contributed by atoms with Crippen molar-refractivity contribution in [3.8, 4) is 0 Å². The van der Waals surface area contributed by atoms with Gasteiger partial charge in [0.2, 0.25) is 5.91 Å². The molecule has 1 amide bonds. The van der Waals surface area contributed by atoms with Crippen LogP contribution in [0.15, 0.2) is 18.2 Å². The Morgan fingerprint density at radius 3 is 2.86 bits per heavy atom. The first-order valence-corrected chi connectivity index (χ1v) is 8.86. The highest BCUT2D eigenvalue weighted by atomic mass is 35.5. The molecule has 22 heavy (non-hydrogen) atoms. The summed E-state index contributed by atoms with van der Waals surface area (Å²) in [7, 11) is 0. The fraction of sp³-hybridized carbons (Fsp3) is 0.588. The fourth-order valence-electron chi connectivity index (χ4n) is 3.56. The summed E-state index contributed by atoms with van der Waals surface area (Å²) < 4.78 is 0. The molecule has 3 rings (SSSR count). The van der Waals surface area contributed by atoms with Gasteiger partial charge in [0.05, 0.1) is 16.1 Å². The minimum Gasteiger partial charge on any atom is -0.336 e. The fourth-order valence-corrected chi connectivity index (χ4v) is 3.87. The summed E-state index contributed by atoms with van der Waals surface area (Å²) in [4.78, 5) is 14.6. The summed E-state index contributed by atoms with van der Waals surface area (Å²) in [5, 5.41) is 4.49. The van der Waals surface area contributed by atoms with E-state index in [1.807, 2.05) is 23.1 Å². The highest BCUT2D eigenvalue weighted by molar-refractivity contribution is 6.42. The van der Waals surface area contributed by atoms with Crippen molar-refractivity contribution in [1.82, 2.24) is 10.2 Å². The lowest BCUT2D eigenvalue weighted by atomic mass is 10.0. The van der Waals surface area contributed by atoms with Gasteiger partial charge >= 0.3 is 0 Å². The Morgan fingerprint density at radius 2 is 2.14 bits per heavy atom. The van der Waals surface area contributed by atoms with Gasteiger partial charge in [-0.1, -0.05) is 29.3 Å². The van der Waals surface area contributed by atoms with Crippen LogP contribution in [0.25, 0.3) is 0 Å². The Labute approximate surface area is 142 Å². The van der Waals surface area contributed by atoms with Gasteiger partial charge in [0.15, 0.2) is 0 Å². The number of carbonyl (C=O) groups is 1. The van der Waals surface area contributed by atoms with Crippen molar-refractivity contribution in [2.45, 2.75) is 38.1 Å². The zero-order chi connectivity index (χ0) is 15.5. The summed E-state index contributed by atoms with van der Waals surface area (Å²) in [5.41, 5.74) is 1.10. The van der Waals surface area contributed by atoms with Gasteiger partial charge in [-0.2, -0.15) is 0 Å². The second-order valence-corrected chi connectivity index (χ2v) is 7.13. The first kappa shape index (κ1) is 16.1. The number of hydrogen-bond donors (Lipinski definition) is 1. The molecule has 2 fully saturated rings. The number of hydrogen-bond acceptors (Lipinski definition) is 2. The van der Waals surface area contributed by atoms with Crippen LogP contribution in [0.4, 0.5) is 0 Å². The monoisotopic (exact) mass is 340 g/mol. The van der Waals surface area contributed by atoms with Crippen molar-refractivity contribution in [2.75, 3.05) is 19.6 Å². The molecule has 3 nitrogen and oxygen atoms in total. The molecule has 0 radical (unpaired) electrons. The van der Waals surface area contributed by atoms with Gasteiger partial charge in [0, 0.05) is 13.0 Å². The topological polar surface area (TPSA) is 32.3 Å². The third kappa shape index (κ3) is 3.58. The Morgan fingerprint density at radius 1 is 1.27 bits per heavy atom. The Kier molecular flexibility index (Phi) is 5.27. The molecule has 2 saturated heterocycles. The molecule has 0 bridgehead atoms. The number of nitrogens with one attached hydrogen (secondary N) is 1. The predicted molar refractivity (Wildman–Crippen MR) is 90.4 cm³/mol. The van der Waals surface area contributed by atoms with Crippen molar-refractivity contribution in [1.29, 1.82) is 0 Å². The predicted octanol–water partition coefficient (Wildman–Crippen LogP) is 4.05. The van der Waals surface area contributed by atoms with E-state index >= 15 is 0 Å². The second-order valence-electron chi connectivity index (χ2n) is 6.32. The lowest BCUT2D eigenvalue weighted by Crippen LogP contribution is -2.30. The highest BCUT2D eigenvalue weighted by Crippen LogP contribution is 2.35. The van der Waals surface area contributed by atoms with Crippen molar-refractivity contribution in [3.05, 3.63) is 33.8 Å². The third-order valence-electron chi connectivity index (χ3n) is 4.83. The number of amides is 1. The molecule has 1 aromatic carbocycles. The number of carbonyl (C=O) groups excluding carboxylic acids is 1. The van der Waals surface area contributed by atoms with Gasteiger partial charge in [-0.05, 0) is 62.4 Å². The van der Waals surface area contributed by atoms with Crippen molar-refractivity contribution in [3.63, 3.8) is 0 Å². The van der Waals surface area contributed by atoms with E-state index in [0.29, 0.717) is 22.4 Å². The van der Waals surface area contributed by atoms with E-state index in [1.54, 1.807) is 0 Å². The number of nitrogens with zero attached hydrogens (tertiary/aromatic N) is 1. The average Bonchev–Trinajstić information content (AvgIpc) is 3.18.